The summed E-state index contributed by atoms with van der Waals surface area (Å²) in [6.07, 6.45) is 0.0237. The van der Waals surface area contributed by atoms with E-state index < -0.39 is 0 Å². The molecule has 4 nitrogen and oxygen atoms in total. The fraction of sp³-hybridized carbons (Fsp3) is 1.00. The first-order valence-electron chi connectivity index (χ1n) is 4.46. The number of nitrogens with zero attached hydrogens (tertiary/aromatic N) is 1. The summed E-state index contributed by atoms with van der Waals surface area (Å²) in [5.74, 6) is 0. The highest BCUT2D eigenvalue weighted by atomic mass is 16.5. The van der Waals surface area contributed by atoms with Crippen molar-refractivity contribution in [3.8, 4) is 0 Å². The van der Waals surface area contributed by atoms with Crippen LogP contribution in [0.3, 0.4) is 0 Å². The van der Waals surface area contributed by atoms with E-state index in [2.05, 4.69) is 10.2 Å². The predicted molar refractivity (Wildman–Crippen MR) is 47.2 cm³/mol. The van der Waals surface area contributed by atoms with Crippen LogP contribution in [0.2, 0.25) is 0 Å². The van der Waals surface area contributed by atoms with E-state index in [4.69, 9.17) is 9.84 Å². The quantitative estimate of drug-likeness (QED) is 0.568. The molecule has 0 aromatic heterocycles. The lowest BCUT2D eigenvalue weighted by Crippen LogP contribution is -2.45. The number of aliphatic hydroxyl groups excluding tert-OH is 1. The molecule has 0 spiro atoms. The Morgan fingerprint density at radius 1 is 1.67 bits per heavy atom. The minimum atomic E-state index is 0.0237. The largest absolute Gasteiger partial charge is 0.394 e. The van der Waals surface area contributed by atoms with Gasteiger partial charge < -0.3 is 15.2 Å². The molecule has 1 aliphatic heterocycles. The van der Waals surface area contributed by atoms with Gasteiger partial charge in [-0.05, 0) is 7.05 Å². The lowest BCUT2D eigenvalue weighted by Gasteiger charge is -2.31. The summed E-state index contributed by atoms with van der Waals surface area (Å²) >= 11 is 0. The first-order valence-corrected chi connectivity index (χ1v) is 4.46. The maximum atomic E-state index is 8.87. The van der Waals surface area contributed by atoms with Crippen molar-refractivity contribution in [1.82, 2.24) is 10.2 Å². The van der Waals surface area contributed by atoms with Gasteiger partial charge in [-0.3, -0.25) is 4.90 Å². The SMILES string of the molecule is CNCCN1CCOC(CO)C1. The number of hydrogen-bond donors (Lipinski definition) is 2. The zero-order valence-corrected chi connectivity index (χ0v) is 7.62. The summed E-state index contributed by atoms with van der Waals surface area (Å²) in [6.45, 7) is 4.76. The first-order chi connectivity index (χ1) is 5.86. The van der Waals surface area contributed by atoms with Crippen LogP contribution < -0.4 is 5.32 Å². The van der Waals surface area contributed by atoms with Gasteiger partial charge in [-0.25, -0.2) is 0 Å². The molecule has 0 aliphatic carbocycles. The molecule has 0 saturated carbocycles. The summed E-state index contributed by atoms with van der Waals surface area (Å²) in [7, 11) is 1.95. The molecule has 1 heterocycles. The van der Waals surface area contributed by atoms with Crippen molar-refractivity contribution in [1.29, 1.82) is 0 Å². The molecule has 4 heteroatoms. The minimum absolute atomic E-state index is 0.0237. The van der Waals surface area contributed by atoms with Gasteiger partial charge in [0, 0.05) is 26.2 Å². The summed E-state index contributed by atoms with van der Waals surface area (Å²) in [6, 6.07) is 0. The standard InChI is InChI=1S/C8H18N2O2/c1-9-2-3-10-4-5-12-8(6-10)7-11/h8-9,11H,2-7H2,1H3. The van der Waals surface area contributed by atoms with Crippen LogP contribution >= 0.6 is 0 Å². The maximum absolute atomic E-state index is 8.87. The Kier molecular flexibility index (Phi) is 4.53. The molecule has 2 N–H and O–H groups in total. The third-order valence-electron chi connectivity index (χ3n) is 2.10. The van der Waals surface area contributed by atoms with E-state index in [9.17, 15) is 0 Å². The number of hydrogen-bond acceptors (Lipinski definition) is 4. The van der Waals surface area contributed by atoms with E-state index in [0.29, 0.717) is 0 Å². The monoisotopic (exact) mass is 174 g/mol. The lowest BCUT2D eigenvalue weighted by atomic mass is 10.3. The Bertz CT molecular complexity index is 122. The third-order valence-corrected chi connectivity index (χ3v) is 2.10. The van der Waals surface area contributed by atoms with Gasteiger partial charge in [0.15, 0.2) is 0 Å². The molecule has 0 radical (unpaired) electrons. The molecular formula is C8H18N2O2. The Morgan fingerprint density at radius 3 is 3.17 bits per heavy atom. The predicted octanol–water partition coefficient (Wildman–Crippen LogP) is -1.10. The highest BCUT2D eigenvalue weighted by Gasteiger charge is 2.18. The molecule has 0 bridgehead atoms. The van der Waals surface area contributed by atoms with Gasteiger partial charge in [0.05, 0.1) is 19.3 Å². The second kappa shape index (κ2) is 5.48. The summed E-state index contributed by atoms with van der Waals surface area (Å²) in [5, 5.41) is 12.0. The number of aliphatic hydroxyl groups is 1. The Labute approximate surface area is 73.5 Å². The number of nitrogens with one attached hydrogen (secondary N) is 1. The van der Waals surface area contributed by atoms with Crippen LogP contribution in [-0.4, -0.2) is 62.6 Å². The van der Waals surface area contributed by atoms with Crippen molar-refractivity contribution < 1.29 is 9.84 Å². The molecule has 1 rings (SSSR count). The first kappa shape index (κ1) is 9.92. The lowest BCUT2D eigenvalue weighted by molar-refractivity contribution is -0.0521. The minimum Gasteiger partial charge on any atom is -0.394 e. The number of rotatable bonds is 4. The van der Waals surface area contributed by atoms with Gasteiger partial charge in [-0.2, -0.15) is 0 Å². The number of morpholine rings is 1. The van der Waals surface area contributed by atoms with Gasteiger partial charge in [0.1, 0.15) is 0 Å². The second-order valence-corrected chi connectivity index (χ2v) is 3.08. The average Bonchev–Trinajstić information content (AvgIpc) is 2.15. The van der Waals surface area contributed by atoms with Crippen molar-refractivity contribution >= 4 is 0 Å². The molecule has 1 saturated heterocycles. The Morgan fingerprint density at radius 2 is 2.50 bits per heavy atom. The Balaban J connectivity index is 2.16. The zero-order valence-electron chi connectivity index (χ0n) is 7.62. The van der Waals surface area contributed by atoms with Gasteiger partial charge in [-0.15, -0.1) is 0 Å². The van der Waals surface area contributed by atoms with Gasteiger partial charge in [0.2, 0.25) is 0 Å². The van der Waals surface area contributed by atoms with Crippen molar-refractivity contribution in [3.63, 3.8) is 0 Å². The van der Waals surface area contributed by atoms with Crippen molar-refractivity contribution in [2.75, 3.05) is 46.4 Å². The summed E-state index contributed by atoms with van der Waals surface area (Å²) in [5.41, 5.74) is 0. The molecule has 1 unspecified atom stereocenters. The van der Waals surface area contributed by atoms with E-state index in [1.54, 1.807) is 0 Å². The van der Waals surface area contributed by atoms with E-state index in [0.717, 1.165) is 32.8 Å². The van der Waals surface area contributed by atoms with E-state index in [1.165, 1.54) is 0 Å². The van der Waals surface area contributed by atoms with Crippen molar-refractivity contribution in [2.24, 2.45) is 0 Å². The molecule has 1 aliphatic rings. The molecule has 1 fully saturated rings. The summed E-state index contributed by atoms with van der Waals surface area (Å²) < 4.78 is 5.33. The van der Waals surface area contributed by atoms with Crippen LogP contribution in [-0.2, 0) is 4.74 Å². The van der Waals surface area contributed by atoms with Gasteiger partial charge in [-0.1, -0.05) is 0 Å². The zero-order chi connectivity index (χ0) is 8.81. The van der Waals surface area contributed by atoms with Crippen LogP contribution in [0.5, 0.6) is 0 Å². The maximum Gasteiger partial charge on any atom is 0.0932 e. The average molecular weight is 174 g/mol. The summed E-state index contributed by atoms with van der Waals surface area (Å²) in [4.78, 5) is 2.31. The van der Waals surface area contributed by atoms with Crippen molar-refractivity contribution in [3.05, 3.63) is 0 Å². The van der Waals surface area contributed by atoms with E-state index in [-0.39, 0.29) is 12.7 Å². The van der Waals surface area contributed by atoms with Crippen LogP contribution in [0.25, 0.3) is 0 Å². The van der Waals surface area contributed by atoms with Gasteiger partial charge in [0.25, 0.3) is 0 Å². The van der Waals surface area contributed by atoms with E-state index in [1.807, 2.05) is 7.05 Å². The number of ether oxygens (including phenoxy) is 1. The molecule has 1 atom stereocenters. The van der Waals surface area contributed by atoms with E-state index >= 15 is 0 Å². The van der Waals surface area contributed by atoms with Crippen LogP contribution in [0, 0.1) is 0 Å². The normalized spacial score (nSPS) is 26.0. The fourth-order valence-corrected chi connectivity index (χ4v) is 1.36. The Hall–Kier alpha value is -0.160. The molecule has 0 aromatic carbocycles. The van der Waals surface area contributed by atoms with Crippen LogP contribution in [0.15, 0.2) is 0 Å². The molecule has 12 heavy (non-hydrogen) atoms. The van der Waals surface area contributed by atoms with Crippen LogP contribution in [0.1, 0.15) is 0 Å². The second-order valence-electron chi connectivity index (χ2n) is 3.08. The smallest absolute Gasteiger partial charge is 0.0932 e. The molecule has 0 aromatic rings. The highest BCUT2D eigenvalue weighted by Crippen LogP contribution is 2.03. The molecule has 0 amide bonds. The fourth-order valence-electron chi connectivity index (χ4n) is 1.36. The molecule has 72 valence electrons. The van der Waals surface area contributed by atoms with Crippen molar-refractivity contribution in [2.45, 2.75) is 6.10 Å². The topological polar surface area (TPSA) is 44.7 Å². The number of likely N-dealkylation sites (N-methyl/N-ethyl adjacent to an activating group) is 1. The van der Waals surface area contributed by atoms with Gasteiger partial charge >= 0.3 is 0 Å². The van der Waals surface area contributed by atoms with Crippen LogP contribution in [0.4, 0.5) is 0 Å². The third kappa shape index (κ3) is 3.06. The highest BCUT2D eigenvalue weighted by molar-refractivity contribution is 4.70. The molecular weight excluding hydrogens is 156 g/mol.